The summed E-state index contributed by atoms with van der Waals surface area (Å²) in [5.41, 5.74) is 2.13. The fraction of sp³-hybridized carbons (Fsp3) is 0.130. The Morgan fingerprint density at radius 2 is 1.90 bits per heavy atom. The van der Waals surface area contributed by atoms with Crippen molar-refractivity contribution in [1.82, 2.24) is 4.90 Å². The van der Waals surface area contributed by atoms with Gasteiger partial charge in [0.1, 0.15) is 11.5 Å². The average Bonchev–Trinajstić information content (AvgIpc) is 3.30. The summed E-state index contributed by atoms with van der Waals surface area (Å²) in [6.45, 7) is 2.04. The summed E-state index contributed by atoms with van der Waals surface area (Å²) in [6, 6.07) is 16.8. The van der Waals surface area contributed by atoms with Gasteiger partial charge < -0.3 is 14.4 Å². The van der Waals surface area contributed by atoms with Gasteiger partial charge in [0, 0.05) is 10.6 Å². The lowest BCUT2D eigenvalue weighted by Gasteiger charge is -2.24. The molecule has 0 saturated carbocycles. The number of ketones is 1. The minimum Gasteiger partial charge on any atom is -0.507 e. The highest BCUT2D eigenvalue weighted by Crippen LogP contribution is 2.40. The van der Waals surface area contributed by atoms with Crippen molar-refractivity contribution >= 4 is 29.1 Å². The molecule has 1 fully saturated rings. The topological polar surface area (TPSA) is 70.8 Å². The van der Waals surface area contributed by atoms with Crippen LogP contribution in [0.1, 0.15) is 28.5 Å². The Labute approximate surface area is 172 Å². The molecule has 6 heteroatoms. The van der Waals surface area contributed by atoms with Gasteiger partial charge in [-0.3, -0.25) is 9.59 Å². The van der Waals surface area contributed by atoms with E-state index in [4.69, 9.17) is 16.0 Å². The summed E-state index contributed by atoms with van der Waals surface area (Å²) in [6.07, 6.45) is 1.51. The van der Waals surface area contributed by atoms with E-state index >= 15 is 0 Å². The molecule has 4 rings (SSSR count). The van der Waals surface area contributed by atoms with Crippen molar-refractivity contribution in [2.45, 2.75) is 19.5 Å². The molecule has 2 aromatic carbocycles. The Morgan fingerprint density at radius 1 is 1.10 bits per heavy atom. The van der Waals surface area contributed by atoms with Crippen LogP contribution in [-0.4, -0.2) is 21.7 Å². The molecule has 0 aliphatic carbocycles. The standard InChI is InChI=1S/C23H18ClNO4/c1-14-5-2-6-15(11-14)20-19(21(26)16-7-3-8-17(24)12-16)22(27)23(28)25(20)13-18-9-4-10-29-18/h2-12,20,26H,13H2,1H3/b21-19-. The summed E-state index contributed by atoms with van der Waals surface area (Å²) in [4.78, 5) is 27.2. The largest absolute Gasteiger partial charge is 0.507 e. The molecule has 1 N–H and O–H groups in total. The van der Waals surface area contributed by atoms with Gasteiger partial charge in [-0.1, -0.05) is 53.6 Å². The van der Waals surface area contributed by atoms with Crippen LogP contribution in [0.25, 0.3) is 5.76 Å². The maximum absolute atomic E-state index is 12.9. The Kier molecular flexibility index (Phi) is 4.99. The minimum absolute atomic E-state index is 0.0365. The number of benzene rings is 2. The van der Waals surface area contributed by atoms with Crippen LogP contribution in [0.4, 0.5) is 0 Å². The Hall–Kier alpha value is -3.31. The van der Waals surface area contributed by atoms with E-state index in [1.807, 2.05) is 31.2 Å². The van der Waals surface area contributed by atoms with Gasteiger partial charge in [0.2, 0.25) is 0 Å². The quantitative estimate of drug-likeness (QED) is 0.381. The number of likely N-dealkylation sites (tertiary alicyclic amines) is 1. The molecule has 1 aliphatic rings. The first-order chi connectivity index (χ1) is 14.0. The fourth-order valence-electron chi connectivity index (χ4n) is 3.59. The number of amides is 1. The number of nitrogens with zero attached hydrogens (tertiary/aromatic N) is 1. The third-order valence-corrected chi connectivity index (χ3v) is 5.14. The molecule has 146 valence electrons. The van der Waals surface area contributed by atoms with Crippen LogP contribution in [0.15, 0.2) is 76.9 Å². The SMILES string of the molecule is Cc1cccc(C2/C(=C(/O)c3cccc(Cl)c3)C(=O)C(=O)N2Cc2ccco2)c1. The maximum atomic E-state index is 12.9. The lowest BCUT2D eigenvalue weighted by molar-refractivity contribution is -0.140. The van der Waals surface area contributed by atoms with Gasteiger partial charge in [-0.05, 0) is 36.8 Å². The van der Waals surface area contributed by atoms with Crippen molar-refractivity contribution in [3.8, 4) is 0 Å². The summed E-state index contributed by atoms with van der Waals surface area (Å²) in [7, 11) is 0. The zero-order valence-corrected chi connectivity index (χ0v) is 16.4. The predicted molar refractivity (Wildman–Crippen MR) is 109 cm³/mol. The van der Waals surface area contributed by atoms with E-state index in [0.29, 0.717) is 16.3 Å². The molecule has 1 atom stereocenters. The molecule has 0 radical (unpaired) electrons. The summed E-state index contributed by atoms with van der Waals surface area (Å²) < 4.78 is 5.38. The van der Waals surface area contributed by atoms with Crippen molar-refractivity contribution in [1.29, 1.82) is 0 Å². The van der Waals surface area contributed by atoms with Crippen LogP contribution >= 0.6 is 11.6 Å². The second-order valence-corrected chi connectivity index (χ2v) is 7.37. The first-order valence-electron chi connectivity index (χ1n) is 9.09. The zero-order chi connectivity index (χ0) is 20.5. The van der Waals surface area contributed by atoms with E-state index in [1.165, 1.54) is 11.2 Å². The number of carbonyl (C=O) groups excluding carboxylic acids is 2. The number of halogens is 1. The smallest absolute Gasteiger partial charge is 0.296 e. The van der Waals surface area contributed by atoms with Gasteiger partial charge in [0.05, 0.1) is 24.4 Å². The molecule has 1 amide bonds. The lowest BCUT2D eigenvalue weighted by Crippen LogP contribution is -2.29. The summed E-state index contributed by atoms with van der Waals surface area (Å²) in [5, 5.41) is 11.4. The maximum Gasteiger partial charge on any atom is 0.296 e. The molecule has 1 aliphatic heterocycles. The first kappa shape index (κ1) is 19.0. The highest BCUT2D eigenvalue weighted by molar-refractivity contribution is 6.46. The molecule has 5 nitrogen and oxygen atoms in total. The number of carbonyl (C=O) groups is 2. The Balaban J connectivity index is 1.89. The monoisotopic (exact) mass is 407 g/mol. The normalized spacial score (nSPS) is 18.4. The van der Waals surface area contributed by atoms with Crippen molar-refractivity contribution in [2.75, 3.05) is 0 Å². The second-order valence-electron chi connectivity index (χ2n) is 6.93. The molecule has 0 spiro atoms. The number of aliphatic hydroxyl groups is 1. The minimum atomic E-state index is -0.737. The fourth-order valence-corrected chi connectivity index (χ4v) is 3.78. The van der Waals surface area contributed by atoms with Gasteiger partial charge in [-0.2, -0.15) is 0 Å². The van der Waals surface area contributed by atoms with Crippen LogP contribution in [-0.2, 0) is 16.1 Å². The van der Waals surface area contributed by atoms with Gasteiger partial charge >= 0.3 is 0 Å². The number of aryl methyl sites for hydroxylation is 1. The van der Waals surface area contributed by atoms with E-state index in [-0.39, 0.29) is 17.9 Å². The number of Topliss-reactive ketones (excluding diaryl/α,β-unsaturated/α-hetero) is 1. The molecular weight excluding hydrogens is 390 g/mol. The third-order valence-electron chi connectivity index (χ3n) is 4.90. The second kappa shape index (κ2) is 7.60. The molecule has 2 heterocycles. The van der Waals surface area contributed by atoms with Gasteiger partial charge in [0.25, 0.3) is 11.7 Å². The number of furan rings is 1. The van der Waals surface area contributed by atoms with Crippen molar-refractivity contribution < 1.29 is 19.1 Å². The van der Waals surface area contributed by atoms with Gasteiger partial charge in [-0.25, -0.2) is 0 Å². The van der Waals surface area contributed by atoms with E-state index in [9.17, 15) is 14.7 Å². The number of rotatable bonds is 4. The van der Waals surface area contributed by atoms with E-state index in [1.54, 1.807) is 36.4 Å². The predicted octanol–water partition coefficient (Wildman–Crippen LogP) is 4.86. The number of hydrogen-bond donors (Lipinski definition) is 1. The molecule has 1 unspecified atom stereocenters. The molecular formula is C23H18ClNO4. The van der Waals surface area contributed by atoms with Crippen molar-refractivity contribution in [3.05, 3.63) is 100.0 Å². The van der Waals surface area contributed by atoms with Crippen LogP contribution in [0.3, 0.4) is 0 Å². The lowest BCUT2D eigenvalue weighted by atomic mass is 9.94. The molecule has 29 heavy (non-hydrogen) atoms. The Morgan fingerprint density at radius 3 is 2.59 bits per heavy atom. The summed E-state index contributed by atoms with van der Waals surface area (Å²) in [5.74, 6) is -1.12. The van der Waals surface area contributed by atoms with E-state index < -0.39 is 17.7 Å². The van der Waals surface area contributed by atoms with Crippen LogP contribution in [0.2, 0.25) is 5.02 Å². The van der Waals surface area contributed by atoms with Gasteiger partial charge in [0.15, 0.2) is 0 Å². The third kappa shape index (κ3) is 3.57. The van der Waals surface area contributed by atoms with E-state index in [0.717, 1.165) is 11.1 Å². The highest BCUT2D eigenvalue weighted by atomic mass is 35.5. The molecule has 1 aromatic heterocycles. The molecule has 1 saturated heterocycles. The van der Waals surface area contributed by atoms with Crippen LogP contribution < -0.4 is 0 Å². The molecule has 0 bridgehead atoms. The van der Waals surface area contributed by atoms with Crippen LogP contribution in [0, 0.1) is 6.92 Å². The first-order valence-corrected chi connectivity index (χ1v) is 9.47. The average molecular weight is 408 g/mol. The van der Waals surface area contributed by atoms with Crippen molar-refractivity contribution in [3.63, 3.8) is 0 Å². The number of hydrogen-bond acceptors (Lipinski definition) is 4. The van der Waals surface area contributed by atoms with Crippen molar-refractivity contribution in [2.24, 2.45) is 0 Å². The highest BCUT2D eigenvalue weighted by Gasteiger charge is 2.46. The molecule has 3 aromatic rings. The van der Waals surface area contributed by atoms with Crippen LogP contribution in [0.5, 0.6) is 0 Å². The summed E-state index contributed by atoms with van der Waals surface area (Å²) >= 11 is 6.05. The van der Waals surface area contributed by atoms with E-state index in [2.05, 4.69) is 0 Å². The Bertz CT molecular complexity index is 1120. The number of aliphatic hydroxyl groups excluding tert-OH is 1. The van der Waals surface area contributed by atoms with Gasteiger partial charge in [-0.15, -0.1) is 0 Å². The zero-order valence-electron chi connectivity index (χ0n) is 15.6.